The van der Waals surface area contributed by atoms with E-state index < -0.39 is 15.6 Å². The van der Waals surface area contributed by atoms with Crippen LogP contribution in [0.3, 0.4) is 0 Å². The van der Waals surface area contributed by atoms with Crippen molar-refractivity contribution in [2.75, 3.05) is 31.6 Å². The van der Waals surface area contributed by atoms with E-state index in [-0.39, 0.29) is 22.8 Å². The predicted molar refractivity (Wildman–Crippen MR) is 153 cm³/mol. The van der Waals surface area contributed by atoms with Crippen molar-refractivity contribution in [3.05, 3.63) is 84.2 Å². The smallest absolute Gasteiger partial charge is 0.264 e. The third kappa shape index (κ3) is 5.55. The molecule has 0 amide bonds. The largest absolute Gasteiger partial charge is 0.497 e. The number of piperidine rings is 1. The highest BCUT2D eigenvalue weighted by molar-refractivity contribution is 7.92. The van der Waals surface area contributed by atoms with Gasteiger partial charge in [0.05, 0.1) is 24.8 Å². The summed E-state index contributed by atoms with van der Waals surface area (Å²) in [6.07, 6.45) is 4.57. The van der Waals surface area contributed by atoms with Crippen molar-refractivity contribution >= 4 is 15.7 Å². The number of nitrogens with zero attached hydrogens (tertiary/aromatic N) is 2. The molecule has 1 saturated carbocycles. The number of anilines is 1. The molecule has 0 bridgehead atoms. The van der Waals surface area contributed by atoms with Crippen LogP contribution in [0.4, 0.5) is 10.1 Å². The Morgan fingerprint density at radius 3 is 2.23 bits per heavy atom. The monoisotopic (exact) mass is 568 g/mol. The highest BCUT2D eigenvalue weighted by Crippen LogP contribution is 2.42. The number of aliphatic hydroxyl groups is 1. The van der Waals surface area contributed by atoms with Crippen LogP contribution in [0.5, 0.6) is 11.5 Å². The zero-order valence-electron chi connectivity index (χ0n) is 23.0. The summed E-state index contributed by atoms with van der Waals surface area (Å²) in [5.41, 5.74) is 0.218. The number of rotatable bonds is 8. The minimum Gasteiger partial charge on any atom is -0.497 e. The molecule has 5 rings (SSSR count). The number of likely N-dealkylation sites (tertiary alicyclic amines) is 1. The number of ether oxygens (including phenoxy) is 2. The molecule has 3 aromatic carbocycles. The van der Waals surface area contributed by atoms with Gasteiger partial charge in [0.1, 0.15) is 22.9 Å². The minimum absolute atomic E-state index is 0.115. The number of benzene rings is 3. The van der Waals surface area contributed by atoms with Gasteiger partial charge in [-0.2, -0.15) is 0 Å². The van der Waals surface area contributed by atoms with Gasteiger partial charge < -0.3 is 14.6 Å². The molecule has 2 fully saturated rings. The van der Waals surface area contributed by atoms with Crippen molar-refractivity contribution in [1.29, 1.82) is 0 Å². The Hall–Kier alpha value is -3.14. The molecular formula is C31H37FN2O5S. The first kappa shape index (κ1) is 28.4. The SMILES string of the molecule is COc1ccc(S(=O)(=O)N(c2cccc(OC)c2)C2CCN([C@@H]3CCCC[C@]3(O)c3ccc(F)cc3)CC2)cc1. The van der Waals surface area contributed by atoms with E-state index in [0.717, 1.165) is 24.8 Å². The lowest BCUT2D eigenvalue weighted by molar-refractivity contribution is -0.0849. The second-order valence-electron chi connectivity index (χ2n) is 10.6. The minimum atomic E-state index is -3.90. The molecule has 0 unspecified atom stereocenters. The first-order chi connectivity index (χ1) is 19.3. The summed E-state index contributed by atoms with van der Waals surface area (Å²) in [4.78, 5) is 2.49. The molecule has 2 atom stereocenters. The van der Waals surface area contributed by atoms with Crippen LogP contribution in [-0.2, 0) is 15.6 Å². The molecule has 1 aliphatic carbocycles. The van der Waals surface area contributed by atoms with Gasteiger partial charge in [0.2, 0.25) is 0 Å². The van der Waals surface area contributed by atoms with E-state index in [1.165, 1.54) is 16.4 Å². The van der Waals surface area contributed by atoms with Crippen LogP contribution in [0, 0.1) is 5.82 Å². The van der Waals surface area contributed by atoms with Crippen molar-refractivity contribution in [2.45, 2.75) is 61.1 Å². The van der Waals surface area contributed by atoms with Crippen LogP contribution in [0.25, 0.3) is 0 Å². The van der Waals surface area contributed by atoms with Crippen LogP contribution < -0.4 is 13.8 Å². The number of sulfonamides is 1. The summed E-state index contributed by atoms with van der Waals surface area (Å²) in [6, 6.07) is 19.4. The van der Waals surface area contributed by atoms with Gasteiger partial charge in [-0.05, 0) is 79.8 Å². The Kier molecular flexibility index (Phi) is 8.35. The highest BCUT2D eigenvalue weighted by Gasteiger charge is 2.45. The Labute approximate surface area is 236 Å². The summed E-state index contributed by atoms with van der Waals surface area (Å²) in [5, 5.41) is 11.9. The number of hydrogen-bond acceptors (Lipinski definition) is 6. The maximum absolute atomic E-state index is 14.1. The molecule has 214 valence electrons. The van der Waals surface area contributed by atoms with Gasteiger partial charge >= 0.3 is 0 Å². The molecule has 1 N–H and O–H groups in total. The van der Waals surface area contributed by atoms with Gasteiger partial charge in [0.15, 0.2) is 0 Å². The molecule has 1 heterocycles. The first-order valence-electron chi connectivity index (χ1n) is 13.8. The highest BCUT2D eigenvalue weighted by atomic mass is 32.2. The molecule has 0 spiro atoms. The van der Waals surface area contributed by atoms with Crippen LogP contribution in [0.2, 0.25) is 0 Å². The van der Waals surface area contributed by atoms with Gasteiger partial charge in [0.25, 0.3) is 10.0 Å². The second kappa shape index (κ2) is 11.8. The van der Waals surface area contributed by atoms with Gasteiger partial charge in [0, 0.05) is 31.2 Å². The predicted octanol–water partition coefficient (Wildman–Crippen LogP) is 5.33. The molecule has 1 saturated heterocycles. The van der Waals surface area contributed by atoms with Crippen LogP contribution in [-0.4, -0.2) is 57.8 Å². The van der Waals surface area contributed by atoms with E-state index in [1.807, 2.05) is 0 Å². The number of hydrogen-bond donors (Lipinski definition) is 1. The number of halogens is 1. The fourth-order valence-electron chi connectivity index (χ4n) is 6.28. The maximum atomic E-state index is 14.1. The maximum Gasteiger partial charge on any atom is 0.264 e. The van der Waals surface area contributed by atoms with E-state index >= 15 is 0 Å². The van der Waals surface area contributed by atoms with Crippen molar-refractivity contribution in [1.82, 2.24) is 4.90 Å². The van der Waals surface area contributed by atoms with Crippen LogP contribution in [0.15, 0.2) is 77.7 Å². The van der Waals surface area contributed by atoms with Gasteiger partial charge in [-0.3, -0.25) is 9.21 Å². The topological polar surface area (TPSA) is 79.3 Å². The molecule has 0 aromatic heterocycles. The van der Waals surface area contributed by atoms with Crippen LogP contribution >= 0.6 is 0 Å². The van der Waals surface area contributed by atoms with Gasteiger partial charge in [-0.25, -0.2) is 12.8 Å². The fourth-order valence-corrected chi connectivity index (χ4v) is 7.99. The lowest BCUT2D eigenvalue weighted by atomic mass is 9.74. The Balaban J connectivity index is 1.42. The molecular weight excluding hydrogens is 531 g/mol. The van der Waals surface area contributed by atoms with Crippen molar-refractivity contribution in [2.24, 2.45) is 0 Å². The summed E-state index contributed by atoms with van der Waals surface area (Å²) < 4.78 is 54.0. The molecule has 7 nitrogen and oxygen atoms in total. The molecule has 9 heteroatoms. The Bertz CT molecular complexity index is 1390. The lowest BCUT2D eigenvalue weighted by Crippen LogP contribution is -2.57. The van der Waals surface area contributed by atoms with E-state index in [1.54, 1.807) is 74.9 Å². The first-order valence-corrected chi connectivity index (χ1v) is 15.3. The van der Waals surface area contributed by atoms with E-state index in [2.05, 4.69) is 4.90 Å². The summed E-state index contributed by atoms with van der Waals surface area (Å²) in [6.45, 7) is 1.27. The van der Waals surface area contributed by atoms with E-state index in [0.29, 0.717) is 49.5 Å². The molecule has 1 aliphatic heterocycles. The van der Waals surface area contributed by atoms with Crippen molar-refractivity contribution < 1.29 is 27.4 Å². The lowest BCUT2D eigenvalue weighted by Gasteiger charge is -2.49. The molecule has 40 heavy (non-hydrogen) atoms. The van der Waals surface area contributed by atoms with Gasteiger partial charge in [-0.1, -0.05) is 31.0 Å². The molecule has 3 aromatic rings. The fraction of sp³-hybridized carbons (Fsp3) is 0.419. The van der Waals surface area contributed by atoms with Crippen LogP contribution in [0.1, 0.15) is 44.1 Å². The van der Waals surface area contributed by atoms with Gasteiger partial charge in [-0.15, -0.1) is 0 Å². The third-order valence-corrected chi connectivity index (χ3v) is 10.3. The normalized spacial score (nSPS) is 22.6. The van der Waals surface area contributed by atoms with E-state index in [4.69, 9.17) is 9.47 Å². The summed E-state index contributed by atoms with van der Waals surface area (Å²) in [5.74, 6) is 0.842. The zero-order valence-corrected chi connectivity index (χ0v) is 23.8. The van der Waals surface area contributed by atoms with Crippen molar-refractivity contribution in [3.8, 4) is 11.5 Å². The average molecular weight is 569 g/mol. The standard InChI is InChI=1S/C31H37FN2O5S/c1-38-27-13-15-29(16-14-27)40(36,37)34(26-6-5-7-28(22-26)39-2)25-17-20-33(21-18-25)30-8-3-4-19-31(30,35)23-9-11-24(32)12-10-23/h5-7,9-16,22,25,30,35H,3-4,8,17-21H2,1-2H3/t30-,31+/m1/s1. The van der Waals surface area contributed by atoms with Crippen molar-refractivity contribution in [3.63, 3.8) is 0 Å². The third-order valence-electron chi connectivity index (χ3n) is 8.38. The zero-order chi connectivity index (χ0) is 28.3. The quantitative estimate of drug-likeness (QED) is 0.396. The molecule has 0 radical (unpaired) electrons. The van der Waals surface area contributed by atoms with E-state index in [9.17, 15) is 17.9 Å². The Morgan fingerprint density at radius 1 is 0.900 bits per heavy atom. The summed E-state index contributed by atoms with van der Waals surface area (Å²) in [7, 11) is -0.790. The summed E-state index contributed by atoms with van der Waals surface area (Å²) >= 11 is 0. The average Bonchev–Trinajstić information content (AvgIpc) is 2.98. The Morgan fingerprint density at radius 2 is 1.57 bits per heavy atom. The number of methoxy groups -OCH3 is 2. The molecule has 2 aliphatic rings. The second-order valence-corrected chi connectivity index (χ2v) is 12.5.